The molecule has 2 rings (SSSR count). The Morgan fingerprint density at radius 2 is 2.26 bits per heavy atom. The average Bonchev–Trinajstić information content (AvgIpc) is 2.41. The van der Waals surface area contributed by atoms with Crippen LogP contribution in [0.3, 0.4) is 0 Å². The highest BCUT2D eigenvalue weighted by molar-refractivity contribution is 9.10. The van der Waals surface area contributed by atoms with Crippen LogP contribution >= 0.6 is 15.9 Å². The lowest BCUT2D eigenvalue weighted by Gasteiger charge is -2.37. The van der Waals surface area contributed by atoms with Gasteiger partial charge in [0, 0.05) is 6.04 Å². The SMILES string of the molecule is CC(c1ccc(F)c(Br)c1)N1CCCCC1C(=O)O. The van der Waals surface area contributed by atoms with Crippen LogP contribution in [-0.4, -0.2) is 28.6 Å². The summed E-state index contributed by atoms with van der Waals surface area (Å²) in [6, 6.07) is 4.40. The molecular weight excluding hydrogens is 313 g/mol. The van der Waals surface area contributed by atoms with Crippen molar-refractivity contribution in [3.63, 3.8) is 0 Å². The number of halogens is 2. The van der Waals surface area contributed by atoms with Crippen molar-refractivity contribution in [2.45, 2.75) is 38.3 Å². The number of likely N-dealkylation sites (tertiary alicyclic amines) is 1. The third kappa shape index (κ3) is 3.15. The highest BCUT2D eigenvalue weighted by Gasteiger charge is 2.32. The van der Waals surface area contributed by atoms with Gasteiger partial charge >= 0.3 is 5.97 Å². The highest BCUT2D eigenvalue weighted by Crippen LogP contribution is 2.30. The number of carboxylic acid groups (broad SMARTS) is 1. The molecule has 0 spiro atoms. The van der Waals surface area contributed by atoms with Crippen molar-refractivity contribution in [2.24, 2.45) is 0 Å². The monoisotopic (exact) mass is 329 g/mol. The number of rotatable bonds is 3. The lowest BCUT2D eigenvalue weighted by molar-refractivity contribution is -0.145. The van der Waals surface area contributed by atoms with Crippen molar-refractivity contribution in [3.05, 3.63) is 34.1 Å². The second-order valence-corrected chi connectivity index (χ2v) is 5.79. The molecule has 1 aliphatic rings. The van der Waals surface area contributed by atoms with Gasteiger partial charge in [0.25, 0.3) is 0 Å². The van der Waals surface area contributed by atoms with Crippen LogP contribution in [0.1, 0.15) is 37.8 Å². The largest absolute Gasteiger partial charge is 0.480 e. The second-order valence-electron chi connectivity index (χ2n) is 4.94. The number of benzene rings is 1. The van der Waals surface area contributed by atoms with Gasteiger partial charge in [-0.15, -0.1) is 0 Å². The molecule has 19 heavy (non-hydrogen) atoms. The Morgan fingerprint density at radius 3 is 2.89 bits per heavy atom. The third-order valence-electron chi connectivity index (χ3n) is 3.75. The third-order valence-corrected chi connectivity index (χ3v) is 4.36. The van der Waals surface area contributed by atoms with Crippen LogP contribution in [0.4, 0.5) is 4.39 Å². The van der Waals surface area contributed by atoms with Gasteiger partial charge in [-0.3, -0.25) is 9.69 Å². The molecule has 1 aromatic rings. The number of carbonyl (C=O) groups is 1. The van der Waals surface area contributed by atoms with E-state index in [0.29, 0.717) is 10.9 Å². The van der Waals surface area contributed by atoms with Gasteiger partial charge in [0.2, 0.25) is 0 Å². The van der Waals surface area contributed by atoms with Crippen LogP contribution in [-0.2, 0) is 4.79 Å². The summed E-state index contributed by atoms with van der Waals surface area (Å²) in [4.78, 5) is 13.3. The first-order valence-corrected chi connectivity index (χ1v) is 7.23. The molecule has 1 heterocycles. The van der Waals surface area contributed by atoms with Gasteiger partial charge in [-0.25, -0.2) is 4.39 Å². The molecule has 2 unspecified atom stereocenters. The van der Waals surface area contributed by atoms with Crippen LogP contribution in [0.5, 0.6) is 0 Å². The number of hydrogen-bond donors (Lipinski definition) is 1. The molecule has 0 aliphatic carbocycles. The van der Waals surface area contributed by atoms with Crippen molar-refractivity contribution >= 4 is 21.9 Å². The van der Waals surface area contributed by atoms with Crippen molar-refractivity contribution in [1.82, 2.24) is 4.90 Å². The highest BCUT2D eigenvalue weighted by atomic mass is 79.9. The minimum atomic E-state index is -0.771. The molecule has 0 radical (unpaired) electrons. The maximum absolute atomic E-state index is 13.3. The zero-order chi connectivity index (χ0) is 14.0. The normalized spacial score (nSPS) is 22.2. The van der Waals surface area contributed by atoms with Crippen LogP contribution in [0, 0.1) is 5.82 Å². The Labute approximate surface area is 120 Å². The van der Waals surface area contributed by atoms with Gasteiger partial charge in [0.1, 0.15) is 11.9 Å². The van der Waals surface area contributed by atoms with Crippen molar-refractivity contribution in [3.8, 4) is 0 Å². The van der Waals surface area contributed by atoms with Crippen molar-refractivity contribution < 1.29 is 14.3 Å². The quantitative estimate of drug-likeness (QED) is 0.921. The first kappa shape index (κ1) is 14.5. The van der Waals surface area contributed by atoms with E-state index in [0.717, 1.165) is 24.9 Å². The molecule has 0 amide bonds. The summed E-state index contributed by atoms with van der Waals surface area (Å²) in [5, 5.41) is 9.29. The first-order valence-electron chi connectivity index (χ1n) is 6.44. The summed E-state index contributed by atoms with van der Waals surface area (Å²) in [6.45, 7) is 2.74. The van der Waals surface area contributed by atoms with E-state index in [2.05, 4.69) is 15.9 Å². The molecule has 1 aliphatic heterocycles. The molecule has 104 valence electrons. The fourth-order valence-electron chi connectivity index (χ4n) is 2.65. The van der Waals surface area contributed by atoms with Crippen molar-refractivity contribution in [2.75, 3.05) is 6.54 Å². The second kappa shape index (κ2) is 6.01. The summed E-state index contributed by atoms with van der Waals surface area (Å²) in [6.07, 6.45) is 2.64. The molecule has 1 fully saturated rings. The number of hydrogen-bond acceptors (Lipinski definition) is 2. The van der Waals surface area contributed by atoms with Gasteiger partial charge in [0.15, 0.2) is 0 Å². The van der Waals surface area contributed by atoms with Crippen LogP contribution in [0.2, 0.25) is 0 Å². The molecule has 0 saturated carbocycles. The fourth-order valence-corrected chi connectivity index (χ4v) is 3.04. The fraction of sp³-hybridized carbons (Fsp3) is 0.500. The number of carboxylic acids is 1. The van der Waals surface area contributed by atoms with E-state index in [-0.39, 0.29) is 11.9 Å². The van der Waals surface area contributed by atoms with E-state index in [1.807, 2.05) is 11.8 Å². The molecule has 3 nitrogen and oxygen atoms in total. The van der Waals surface area contributed by atoms with E-state index < -0.39 is 12.0 Å². The molecular formula is C14H17BrFNO2. The molecule has 0 bridgehead atoms. The topological polar surface area (TPSA) is 40.5 Å². The number of nitrogens with zero attached hydrogens (tertiary/aromatic N) is 1. The molecule has 2 atom stereocenters. The predicted molar refractivity (Wildman–Crippen MR) is 74.5 cm³/mol. The summed E-state index contributed by atoms with van der Waals surface area (Å²) in [5.74, 6) is -1.07. The minimum absolute atomic E-state index is 0.0294. The zero-order valence-corrected chi connectivity index (χ0v) is 12.4. The summed E-state index contributed by atoms with van der Waals surface area (Å²) >= 11 is 3.17. The summed E-state index contributed by atoms with van der Waals surface area (Å²) in [7, 11) is 0. The zero-order valence-electron chi connectivity index (χ0n) is 10.8. The Balaban J connectivity index is 2.23. The van der Waals surface area contributed by atoms with Gasteiger partial charge in [-0.1, -0.05) is 12.5 Å². The average molecular weight is 330 g/mol. The minimum Gasteiger partial charge on any atom is -0.480 e. The van der Waals surface area contributed by atoms with Gasteiger partial charge in [-0.2, -0.15) is 0 Å². The van der Waals surface area contributed by atoms with Gasteiger partial charge in [0.05, 0.1) is 4.47 Å². The number of piperidine rings is 1. The lowest BCUT2D eigenvalue weighted by Crippen LogP contribution is -2.45. The lowest BCUT2D eigenvalue weighted by atomic mass is 9.97. The smallest absolute Gasteiger partial charge is 0.320 e. The van der Waals surface area contributed by atoms with E-state index >= 15 is 0 Å². The van der Waals surface area contributed by atoms with Crippen molar-refractivity contribution in [1.29, 1.82) is 0 Å². The molecule has 1 aromatic carbocycles. The van der Waals surface area contributed by atoms with E-state index in [1.165, 1.54) is 6.07 Å². The Morgan fingerprint density at radius 1 is 1.53 bits per heavy atom. The first-order chi connectivity index (χ1) is 9.00. The Bertz CT molecular complexity index is 481. The van der Waals surface area contributed by atoms with Crippen LogP contribution in [0.25, 0.3) is 0 Å². The molecule has 0 aromatic heterocycles. The number of aliphatic carboxylic acids is 1. The standard InChI is InChI=1S/C14H17BrFNO2/c1-9(10-5-6-12(16)11(15)8-10)17-7-3-2-4-13(17)14(18)19/h5-6,8-9,13H,2-4,7H2,1H3,(H,18,19). The van der Waals surface area contributed by atoms with Gasteiger partial charge in [-0.05, 0) is 59.9 Å². The predicted octanol–water partition coefficient (Wildman–Crippen LogP) is 3.59. The maximum atomic E-state index is 13.3. The summed E-state index contributed by atoms with van der Waals surface area (Å²) < 4.78 is 13.7. The Hall–Kier alpha value is -0.940. The van der Waals surface area contributed by atoms with Crippen LogP contribution in [0.15, 0.2) is 22.7 Å². The summed E-state index contributed by atoms with van der Waals surface area (Å²) in [5.41, 5.74) is 0.932. The Kier molecular flexibility index (Phi) is 4.58. The van der Waals surface area contributed by atoms with Crippen LogP contribution < -0.4 is 0 Å². The maximum Gasteiger partial charge on any atom is 0.320 e. The molecule has 1 N–H and O–H groups in total. The van der Waals surface area contributed by atoms with Gasteiger partial charge < -0.3 is 5.11 Å². The molecule has 5 heteroatoms. The van der Waals surface area contributed by atoms with E-state index in [9.17, 15) is 14.3 Å². The van der Waals surface area contributed by atoms with E-state index in [4.69, 9.17) is 0 Å². The van der Waals surface area contributed by atoms with E-state index in [1.54, 1.807) is 12.1 Å². The molecule has 1 saturated heterocycles.